The zero-order valence-corrected chi connectivity index (χ0v) is 19.5. The molecular formula is C25H21ClN2O4S. The molecule has 3 aromatic rings. The van der Waals surface area contributed by atoms with E-state index in [1.165, 1.54) is 17.4 Å². The predicted molar refractivity (Wildman–Crippen MR) is 128 cm³/mol. The maximum atomic E-state index is 12.9. The van der Waals surface area contributed by atoms with E-state index in [1.807, 2.05) is 24.3 Å². The van der Waals surface area contributed by atoms with E-state index >= 15 is 0 Å². The van der Waals surface area contributed by atoms with E-state index in [4.69, 9.17) is 20.8 Å². The molecule has 1 amide bonds. The summed E-state index contributed by atoms with van der Waals surface area (Å²) in [4.78, 5) is 26.6. The number of anilines is 1. The van der Waals surface area contributed by atoms with Gasteiger partial charge in [0.05, 0.1) is 17.2 Å². The largest absolute Gasteiger partial charge is 0.462 e. The first-order chi connectivity index (χ1) is 16.0. The molecule has 0 radical (unpaired) electrons. The van der Waals surface area contributed by atoms with Gasteiger partial charge in [0.1, 0.15) is 28.2 Å². The first-order valence-electron chi connectivity index (χ1n) is 10.6. The number of esters is 1. The topological polar surface area (TPSA) is 92.3 Å². The summed E-state index contributed by atoms with van der Waals surface area (Å²) in [7, 11) is 0. The van der Waals surface area contributed by atoms with E-state index in [9.17, 15) is 14.9 Å². The fourth-order valence-corrected chi connectivity index (χ4v) is 5.27. The molecule has 0 atom stereocenters. The number of carbonyl (C=O) groups is 2. The second-order valence-corrected chi connectivity index (χ2v) is 8.95. The monoisotopic (exact) mass is 480 g/mol. The molecule has 0 spiro atoms. The van der Waals surface area contributed by atoms with Crippen molar-refractivity contribution in [3.63, 3.8) is 0 Å². The fourth-order valence-electron chi connectivity index (χ4n) is 3.77. The zero-order chi connectivity index (χ0) is 23.4. The highest BCUT2D eigenvalue weighted by Gasteiger charge is 2.28. The number of halogens is 1. The van der Waals surface area contributed by atoms with Crippen LogP contribution in [0, 0.1) is 11.3 Å². The van der Waals surface area contributed by atoms with Crippen molar-refractivity contribution in [2.45, 2.75) is 32.6 Å². The Balaban J connectivity index is 1.60. The molecule has 1 N–H and O–H groups in total. The highest BCUT2D eigenvalue weighted by atomic mass is 35.5. The molecule has 6 nitrogen and oxygen atoms in total. The van der Waals surface area contributed by atoms with Gasteiger partial charge < -0.3 is 14.5 Å². The molecule has 0 fully saturated rings. The lowest BCUT2D eigenvalue weighted by atomic mass is 9.95. The third-order valence-electron chi connectivity index (χ3n) is 5.30. The number of furan rings is 1. The molecule has 1 aliphatic rings. The summed E-state index contributed by atoms with van der Waals surface area (Å²) < 4.78 is 11.0. The van der Waals surface area contributed by atoms with Crippen LogP contribution in [-0.2, 0) is 22.4 Å². The van der Waals surface area contributed by atoms with Crippen molar-refractivity contribution < 1.29 is 18.7 Å². The average Bonchev–Trinajstić information content (AvgIpc) is 3.42. The predicted octanol–water partition coefficient (Wildman–Crippen LogP) is 6.26. The van der Waals surface area contributed by atoms with Crippen molar-refractivity contribution in [2.75, 3.05) is 11.9 Å². The number of thiophene rings is 1. The molecule has 0 bridgehead atoms. The number of rotatable bonds is 6. The van der Waals surface area contributed by atoms with Crippen LogP contribution in [0.5, 0.6) is 0 Å². The highest BCUT2D eigenvalue weighted by Crippen LogP contribution is 2.39. The van der Waals surface area contributed by atoms with Crippen molar-refractivity contribution in [3.05, 3.63) is 68.8 Å². The molecule has 1 aliphatic carbocycles. The lowest BCUT2D eigenvalue weighted by Gasteiger charge is -2.12. The van der Waals surface area contributed by atoms with Gasteiger partial charge in [-0.15, -0.1) is 11.3 Å². The highest BCUT2D eigenvalue weighted by molar-refractivity contribution is 7.17. The Morgan fingerprint density at radius 3 is 2.79 bits per heavy atom. The van der Waals surface area contributed by atoms with Gasteiger partial charge in [0.25, 0.3) is 5.91 Å². The van der Waals surface area contributed by atoms with Crippen LogP contribution in [0.3, 0.4) is 0 Å². The van der Waals surface area contributed by atoms with Crippen LogP contribution in [0.1, 0.15) is 46.3 Å². The molecule has 168 valence electrons. The third kappa shape index (κ3) is 4.87. The SMILES string of the molecule is CCOC(=O)c1c(NC(=O)/C(C#N)=C\c2ccc(-c3ccccc3Cl)o2)sc2c1CCCC2. The quantitative estimate of drug-likeness (QED) is 0.255. The van der Waals surface area contributed by atoms with Gasteiger partial charge in [0.2, 0.25) is 0 Å². The molecule has 0 aliphatic heterocycles. The number of nitrogens with one attached hydrogen (secondary N) is 1. The van der Waals surface area contributed by atoms with E-state index < -0.39 is 11.9 Å². The van der Waals surface area contributed by atoms with Crippen LogP contribution in [0.15, 0.2) is 46.4 Å². The number of nitriles is 1. The van der Waals surface area contributed by atoms with E-state index in [1.54, 1.807) is 25.1 Å². The summed E-state index contributed by atoms with van der Waals surface area (Å²) in [6.07, 6.45) is 5.03. The molecular weight excluding hydrogens is 460 g/mol. The van der Waals surface area contributed by atoms with E-state index in [0.717, 1.165) is 36.1 Å². The van der Waals surface area contributed by atoms with Crippen molar-refractivity contribution in [1.29, 1.82) is 5.26 Å². The van der Waals surface area contributed by atoms with E-state index in [0.29, 0.717) is 32.7 Å². The summed E-state index contributed by atoms with van der Waals surface area (Å²) >= 11 is 7.59. The van der Waals surface area contributed by atoms with Crippen LogP contribution < -0.4 is 5.32 Å². The van der Waals surface area contributed by atoms with Gasteiger partial charge >= 0.3 is 5.97 Å². The maximum absolute atomic E-state index is 12.9. The summed E-state index contributed by atoms with van der Waals surface area (Å²) in [5, 5.41) is 13.3. The van der Waals surface area contributed by atoms with Gasteiger partial charge in [0.15, 0.2) is 0 Å². The minimum atomic E-state index is -0.614. The summed E-state index contributed by atoms with van der Waals surface area (Å²) in [6, 6.07) is 12.5. The van der Waals surface area contributed by atoms with Crippen LogP contribution >= 0.6 is 22.9 Å². The Bertz CT molecular complexity index is 1280. The standard InChI is InChI=1S/C25H21ClN2O4S/c1-2-31-25(30)22-18-8-4-6-10-21(18)33-24(22)28-23(29)15(14-27)13-16-11-12-20(32-16)17-7-3-5-9-19(17)26/h3,5,7,9,11-13H,2,4,6,8,10H2,1H3,(H,28,29)/b15-13-. The number of benzene rings is 1. The number of aryl methyl sites for hydroxylation is 1. The lowest BCUT2D eigenvalue weighted by Crippen LogP contribution is -2.16. The Morgan fingerprint density at radius 1 is 1.24 bits per heavy atom. The first kappa shape index (κ1) is 22.8. The molecule has 0 unspecified atom stereocenters. The number of fused-ring (bicyclic) bond motifs is 1. The minimum Gasteiger partial charge on any atom is -0.462 e. The number of hydrogen-bond donors (Lipinski definition) is 1. The van der Waals surface area contributed by atoms with Gasteiger partial charge in [-0.1, -0.05) is 23.7 Å². The van der Waals surface area contributed by atoms with Crippen LogP contribution in [0.4, 0.5) is 5.00 Å². The van der Waals surface area contributed by atoms with Crippen molar-refractivity contribution in [1.82, 2.24) is 0 Å². The third-order valence-corrected chi connectivity index (χ3v) is 6.83. The average molecular weight is 481 g/mol. The second kappa shape index (κ2) is 10.1. The van der Waals surface area contributed by atoms with Gasteiger partial charge in [-0.2, -0.15) is 5.26 Å². The molecule has 4 rings (SSSR count). The number of ether oxygens (including phenoxy) is 1. The molecule has 0 saturated carbocycles. The zero-order valence-electron chi connectivity index (χ0n) is 17.9. The summed E-state index contributed by atoms with van der Waals surface area (Å²) in [5.41, 5.74) is 1.92. The van der Waals surface area contributed by atoms with Gasteiger partial charge in [-0.3, -0.25) is 4.79 Å². The second-order valence-electron chi connectivity index (χ2n) is 7.44. The van der Waals surface area contributed by atoms with Crippen LogP contribution in [-0.4, -0.2) is 18.5 Å². The summed E-state index contributed by atoms with van der Waals surface area (Å²) in [5.74, 6) is -0.199. The molecule has 8 heteroatoms. The minimum absolute atomic E-state index is 0.142. The fraction of sp³-hybridized carbons (Fsp3) is 0.240. The van der Waals surface area contributed by atoms with Crippen molar-refractivity contribution >= 4 is 45.9 Å². The number of carbonyl (C=O) groups excluding carboxylic acids is 2. The molecule has 0 saturated heterocycles. The first-order valence-corrected chi connectivity index (χ1v) is 11.8. The summed E-state index contributed by atoms with van der Waals surface area (Å²) in [6.45, 7) is 1.98. The number of nitrogens with zero attached hydrogens (tertiary/aromatic N) is 1. The Hall–Kier alpha value is -3.34. The van der Waals surface area contributed by atoms with Gasteiger partial charge in [0, 0.05) is 16.5 Å². The van der Waals surface area contributed by atoms with Crippen LogP contribution in [0.2, 0.25) is 5.02 Å². The molecule has 2 aromatic heterocycles. The van der Waals surface area contributed by atoms with Gasteiger partial charge in [-0.05, 0) is 62.4 Å². The van der Waals surface area contributed by atoms with Crippen molar-refractivity contribution in [3.8, 4) is 17.4 Å². The normalized spacial score (nSPS) is 13.2. The van der Waals surface area contributed by atoms with Gasteiger partial charge in [-0.25, -0.2) is 4.79 Å². The molecule has 33 heavy (non-hydrogen) atoms. The Kier molecular flexibility index (Phi) is 6.97. The number of hydrogen-bond acceptors (Lipinski definition) is 6. The molecule has 2 heterocycles. The smallest absolute Gasteiger partial charge is 0.341 e. The van der Waals surface area contributed by atoms with E-state index in [-0.39, 0.29) is 12.2 Å². The Labute approximate surface area is 200 Å². The van der Waals surface area contributed by atoms with Crippen LogP contribution in [0.25, 0.3) is 17.4 Å². The lowest BCUT2D eigenvalue weighted by molar-refractivity contribution is -0.112. The Morgan fingerprint density at radius 2 is 2.03 bits per heavy atom. The number of amides is 1. The van der Waals surface area contributed by atoms with Crippen molar-refractivity contribution in [2.24, 2.45) is 0 Å². The maximum Gasteiger partial charge on any atom is 0.341 e. The molecule has 1 aromatic carbocycles. The van der Waals surface area contributed by atoms with E-state index in [2.05, 4.69) is 5.32 Å².